The summed E-state index contributed by atoms with van der Waals surface area (Å²) in [6, 6.07) is 8.64. The highest BCUT2D eigenvalue weighted by Crippen LogP contribution is 2.19. The Bertz CT molecular complexity index is 248. The van der Waals surface area contributed by atoms with Crippen molar-refractivity contribution in [2.24, 2.45) is 0 Å². The van der Waals surface area contributed by atoms with E-state index in [1.807, 2.05) is 0 Å². The van der Waals surface area contributed by atoms with Crippen LogP contribution in [0.1, 0.15) is 43.9 Å². The Labute approximate surface area is 80.7 Å². The summed E-state index contributed by atoms with van der Waals surface area (Å²) < 4.78 is 5.24. The lowest BCUT2D eigenvalue weighted by molar-refractivity contribution is 0.119. The highest BCUT2D eigenvalue weighted by Gasteiger charge is 2.03. The van der Waals surface area contributed by atoms with Crippen molar-refractivity contribution in [2.45, 2.75) is 32.8 Å². The summed E-state index contributed by atoms with van der Waals surface area (Å²) in [5.74, 6) is 0.604. The van der Waals surface area contributed by atoms with Gasteiger partial charge >= 0.3 is 0 Å². The quantitative estimate of drug-likeness (QED) is 0.688. The first-order valence-corrected chi connectivity index (χ1v) is 4.77. The zero-order valence-corrected chi connectivity index (χ0v) is 8.87. The molecule has 0 spiro atoms. The normalized spacial score (nSPS) is 13.3. The molecule has 0 fully saturated rings. The fraction of sp³-hybridized carbons (Fsp3) is 0.500. The van der Waals surface area contributed by atoms with Gasteiger partial charge in [-0.2, -0.15) is 0 Å². The van der Waals surface area contributed by atoms with Gasteiger partial charge in [-0.3, -0.25) is 0 Å². The third-order valence-corrected chi connectivity index (χ3v) is 2.43. The molecule has 72 valence electrons. The number of ether oxygens (including phenoxy) is 1. The van der Waals surface area contributed by atoms with Gasteiger partial charge in [-0.15, -0.1) is 0 Å². The fourth-order valence-corrected chi connectivity index (χ4v) is 1.29. The number of hydrogen-bond donors (Lipinski definition) is 0. The van der Waals surface area contributed by atoms with Crippen molar-refractivity contribution >= 4 is 0 Å². The molecule has 1 rings (SSSR count). The number of rotatable bonds is 3. The molecular formula is C12H18O. The molecule has 0 N–H and O–H groups in total. The zero-order chi connectivity index (χ0) is 9.84. The molecule has 0 radical (unpaired) electrons. The molecule has 1 unspecified atom stereocenters. The van der Waals surface area contributed by atoms with E-state index in [0.717, 1.165) is 0 Å². The van der Waals surface area contributed by atoms with Gasteiger partial charge in [-0.1, -0.05) is 38.1 Å². The van der Waals surface area contributed by atoms with E-state index < -0.39 is 0 Å². The van der Waals surface area contributed by atoms with Crippen LogP contribution in [0.4, 0.5) is 0 Å². The van der Waals surface area contributed by atoms with Crippen molar-refractivity contribution in [3.8, 4) is 0 Å². The Hall–Kier alpha value is -0.820. The molecule has 0 heterocycles. The van der Waals surface area contributed by atoms with Crippen LogP contribution in [0.5, 0.6) is 0 Å². The zero-order valence-electron chi connectivity index (χ0n) is 8.87. The van der Waals surface area contributed by atoms with Crippen LogP contribution in [0.2, 0.25) is 0 Å². The fourth-order valence-electron chi connectivity index (χ4n) is 1.29. The van der Waals surface area contributed by atoms with Crippen molar-refractivity contribution in [1.29, 1.82) is 0 Å². The van der Waals surface area contributed by atoms with Crippen molar-refractivity contribution in [1.82, 2.24) is 0 Å². The van der Waals surface area contributed by atoms with E-state index in [9.17, 15) is 0 Å². The van der Waals surface area contributed by atoms with Gasteiger partial charge in [0.05, 0.1) is 6.10 Å². The van der Waals surface area contributed by atoms with E-state index in [1.165, 1.54) is 11.1 Å². The molecule has 1 aromatic carbocycles. The van der Waals surface area contributed by atoms with Crippen molar-refractivity contribution in [3.05, 3.63) is 35.4 Å². The highest BCUT2D eigenvalue weighted by molar-refractivity contribution is 5.25. The Morgan fingerprint density at radius 1 is 0.923 bits per heavy atom. The number of methoxy groups -OCH3 is 1. The molecule has 1 nitrogen and oxygen atoms in total. The first-order chi connectivity index (χ1) is 6.15. The first-order valence-electron chi connectivity index (χ1n) is 4.77. The van der Waals surface area contributed by atoms with Crippen molar-refractivity contribution in [2.75, 3.05) is 7.11 Å². The second kappa shape index (κ2) is 4.43. The lowest BCUT2D eigenvalue weighted by Crippen LogP contribution is -1.96. The van der Waals surface area contributed by atoms with Gasteiger partial charge in [0.15, 0.2) is 0 Å². The average Bonchev–Trinajstić information content (AvgIpc) is 2.17. The summed E-state index contributed by atoms with van der Waals surface area (Å²) in [4.78, 5) is 0. The lowest BCUT2D eigenvalue weighted by Gasteiger charge is -2.11. The van der Waals surface area contributed by atoms with Gasteiger partial charge in [0.25, 0.3) is 0 Å². The molecule has 0 bridgehead atoms. The Morgan fingerprint density at radius 2 is 1.38 bits per heavy atom. The number of hydrogen-bond acceptors (Lipinski definition) is 1. The van der Waals surface area contributed by atoms with Crippen LogP contribution in [0.15, 0.2) is 24.3 Å². The second-order valence-corrected chi connectivity index (χ2v) is 3.70. The maximum absolute atomic E-state index is 5.24. The van der Waals surface area contributed by atoms with E-state index in [-0.39, 0.29) is 6.10 Å². The van der Waals surface area contributed by atoms with Crippen LogP contribution in [0.25, 0.3) is 0 Å². The van der Waals surface area contributed by atoms with Crippen LogP contribution in [0, 0.1) is 0 Å². The molecule has 1 heteroatoms. The summed E-state index contributed by atoms with van der Waals surface area (Å²) in [7, 11) is 1.74. The standard InChI is InChI=1S/C12H18O/c1-9(2)11-5-7-12(8-6-11)10(3)13-4/h5-10H,1-4H3. The van der Waals surface area contributed by atoms with Gasteiger partial charge in [0.2, 0.25) is 0 Å². The first kappa shape index (κ1) is 10.3. The molecule has 0 aliphatic heterocycles. The Balaban J connectivity index is 2.81. The van der Waals surface area contributed by atoms with Gasteiger partial charge < -0.3 is 4.74 Å². The van der Waals surface area contributed by atoms with Crippen LogP contribution in [-0.4, -0.2) is 7.11 Å². The van der Waals surface area contributed by atoms with Gasteiger partial charge in [-0.25, -0.2) is 0 Å². The molecule has 0 amide bonds. The molecule has 0 aliphatic rings. The minimum absolute atomic E-state index is 0.196. The van der Waals surface area contributed by atoms with Gasteiger partial charge in [0.1, 0.15) is 0 Å². The summed E-state index contributed by atoms with van der Waals surface area (Å²) in [5.41, 5.74) is 2.62. The van der Waals surface area contributed by atoms with Gasteiger partial charge in [0, 0.05) is 7.11 Å². The third kappa shape index (κ3) is 2.56. The summed E-state index contributed by atoms with van der Waals surface area (Å²) in [5, 5.41) is 0. The van der Waals surface area contributed by atoms with E-state index in [1.54, 1.807) is 7.11 Å². The third-order valence-electron chi connectivity index (χ3n) is 2.43. The second-order valence-electron chi connectivity index (χ2n) is 3.70. The summed E-state index contributed by atoms with van der Waals surface area (Å²) in [6.45, 7) is 6.47. The van der Waals surface area contributed by atoms with E-state index >= 15 is 0 Å². The van der Waals surface area contributed by atoms with Gasteiger partial charge in [-0.05, 0) is 24.0 Å². The molecule has 1 aromatic rings. The predicted octanol–water partition coefficient (Wildman–Crippen LogP) is 3.52. The Morgan fingerprint density at radius 3 is 1.77 bits per heavy atom. The molecular weight excluding hydrogens is 160 g/mol. The topological polar surface area (TPSA) is 9.23 Å². The number of benzene rings is 1. The molecule has 13 heavy (non-hydrogen) atoms. The lowest BCUT2D eigenvalue weighted by atomic mass is 10.0. The molecule has 0 aromatic heterocycles. The summed E-state index contributed by atoms with van der Waals surface area (Å²) in [6.07, 6.45) is 0.196. The summed E-state index contributed by atoms with van der Waals surface area (Å²) >= 11 is 0. The van der Waals surface area contributed by atoms with E-state index in [2.05, 4.69) is 45.0 Å². The van der Waals surface area contributed by atoms with Crippen LogP contribution >= 0.6 is 0 Å². The maximum atomic E-state index is 5.24. The maximum Gasteiger partial charge on any atom is 0.0793 e. The minimum atomic E-state index is 0.196. The van der Waals surface area contributed by atoms with E-state index in [4.69, 9.17) is 4.74 Å². The Kier molecular flexibility index (Phi) is 3.49. The molecule has 0 saturated carbocycles. The monoisotopic (exact) mass is 178 g/mol. The van der Waals surface area contributed by atoms with Crippen LogP contribution < -0.4 is 0 Å². The van der Waals surface area contributed by atoms with Crippen molar-refractivity contribution < 1.29 is 4.74 Å². The van der Waals surface area contributed by atoms with E-state index in [0.29, 0.717) is 5.92 Å². The predicted molar refractivity (Wildman–Crippen MR) is 56.0 cm³/mol. The van der Waals surface area contributed by atoms with Crippen molar-refractivity contribution in [3.63, 3.8) is 0 Å². The van der Waals surface area contributed by atoms with Crippen LogP contribution in [-0.2, 0) is 4.74 Å². The molecule has 1 atom stereocenters. The molecule has 0 saturated heterocycles. The SMILES string of the molecule is COC(C)c1ccc(C(C)C)cc1. The minimum Gasteiger partial charge on any atom is -0.377 e. The molecule has 0 aliphatic carbocycles. The highest BCUT2D eigenvalue weighted by atomic mass is 16.5. The smallest absolute Gasteiger partial charge is 0.0793 e. The largest absolute Gasteiger partial charge is 0.377 e. The average molecular weight is 178 g/mol. The van der Waals surface area contributed by atoms with Crippen LogP contribution in [0.3, 0.4) is 0 Å².